The molecule has 0 aliphatic heterocycles. The third-order valence-electron chi connectivity index (χ3n) is 2.90. The molecule has 2 aromatic carbocycles. The SMILES string of the molecule is Fc1cccc(OCc2cnc[nH]2)c1Oc1ccc(Cl)cc1. The fourth-order valence-electron chi connectivity index (χ4n) is 1.84. The normalized spacial score (nSPS) is 10.5. The number of imidazole rings is 1. The van der Waals surface area contributed by atoms with Crippen LogP contribution in [0, 0.1) is 5.82 Å². The highest BCUT2D eigenvalue weighted by Gasteiger charge is 2.13. The van der Waals surface area contributed by atoms with Gasteiger partial charge in [0.05, 0.1) is 18.2 Å². The minimum atomic E-state index is -0.503. The number of ether oxygens (including phenoxy) is 2. The Bertz CT molecular complexity index is 745. The maximum absolute atomic E-state index is 14.0. The maximum atomic E-state index is 14.0. The van der Waals surface area contributed by atoms with Crippen LogP contribution in [0.1, 0.15) is 5.69 Å². The molecule has 0 unspecified atom stereocenters. The van der Waals surface area contributed by atoms with Gasteiger partial charge in [-0.25, -0.2) is 9.37 Å². The number of halogens is 2. The molecule has 22 heavy (non-hydrogen) atoms. The highest BCUT2D eigenvalue weighted by Crippen LogP contribution is 2.34. The smallest absolute Gasteiger partial charge is 0.204 e. The molecule has 0 radical (unpaired) electrons. The van der Waals surface area contributed by atoms with Crippen LogP contribution in [0.3, 0.4) is 0 Å². The van der Waals surface area contributed by atoms with Crippen molar-refractivity contribution in [3.05, 3.63) is 71.5 Å². The predicted octanol–water partition coefficient (Wildman–Crippen LogP) is 4.57. The molecule has 0 aliphatic rings. The molecule has 0 fully saturated rings. The van der Waals surface area contributed by atoms with Crippen molar-refractivity contribution in [1.82, 2.24) is 9.97 Å². The molecular weight excluding hydrogens is 307 g/mol. The fourth-order valence-corrected chi connectivity index (χ4v) is 1.97. The van der Waals surface area contributed by atoms with Crippen molar-refractivity contribution >= 4 is 11.6 Å². The van der Waals surface area contributed by atoms with Crippen LogP contribution in [0.25, 0.3) is 0 Å². The van der Waals surface area contributed by atoms with Crippen molar-refractivity contribution < 1.29 is 13.9 Å². The molecular formula is C16H12ClFN2O2. The second-order valence-corrected chi connectivity index (χ2v) is 4.93. The van der Waals surface area contributed by atoms with Gasteiger partial charge in [-0.15, -0.1) is 0 Å². The number of hydrogen-bond donors (Lipinski definition) is 1. The highest BCUT2D eigenvalue weighted by atomic mass is 35.5. The molecule has 0 aliphatic carbocycles. The number of hydrogen-bond acceptors (Lipinski definition) is 3. The van der Waals surface area contributed by atoms with Gasteiger partial charge >= 0.3 is 0 Å². The third kappa shape index (κ3) is 3.38. The van der Waals surface area contributed by atoms with Gasteiger partial charge in [0, 0.05) is 5.02 Å². The number of rotatable bonds is 5. The van der Waals surface area contributed by atoms with Crippen molar-refractivity contribution in [3.8, 4) is 17.2 Å². The number of para-hydroxylation sites is 1. The molecule has 1 heterocycles. The minimum absolute atomic E-state index is 0.0318. The summed E-state index contributed by atoms with van der Waals surface area (Å²) in [6, 6.07) is 11.2. The van der Waals surface area contributed by atoms with Gasteiger partial charge in [0.25, 0.3) is 0 Å². The minimum Gasteiger partial charge on any atom is -0.483 e. The summed E-state index contributed by atoms with van der Waals surface area (Å²) in [4.78, 5) is 6.81. The molecule has 4 nitrogen and oxygen atoms in total. The summed E-state index contributed by atoms with van der Waals surface area (Å²) >= 11 is 5.82. The Balaban J connectivity index is 1.81. The Kier molecular flexibility index (Phi) is 4.25. The average Bonchev–Trinajstić information content (AvgIpc) is 3.03. The van der Waals surface area contributed by atoms with Crippen LogP contribution >= 0.6 is 11.6 Å². The van der Waals surface area contributed by atoms with Gasteiger partial charge in [0.15, 0.2) is 11.6 Å². The van der Waals surface area contributed by atoms with Crippen LogP contribution in [0.4, 0.5) is 4.39 Å². The molecule has 0 saturated heterocycles. The predicted molar refractivity (Wildman–Crippen MR) is 80.8 cm³/mol. The first-order chi connectivity index (χ1) is 10.7. The summed E-state index contributed by atoms with van der Waals surface area (Å²) in [5.74, 6) is 0.312. The number of nitrogens with zero attached hydrogens (tertiary/aromatic N) is 1. The number of aromatic nitrogens is 2. The molecule has 6 heteroatoms. The van der Waals surface area contributed by atoms with Crippen molar-refractivity contribution in [2.45, 2.75) is 6.61 Å². The number of benzene rings is 2. The van der Waals surface area contributed by atoms with Crippen LogP contribution in [0.2, 0.25) is 5.02 Å². The summed E-state index contributed by atoms with van der Waals surface area (Å²) in [6.07, 6.45) is 3.19. The topological polar surface area (TPSA) is 47.1 Å². The van der Waals surface area contributed by atoms with Gasteiger partial charge in [-0.2, -0.15) is 0 Å². The van der Waals surface area contributed by atoms with Gasteiger partial charge in [0.2, 0.25) is 5.75 Å². The molecule has 0 bridgehead atoms. The Morgan fingerprint density at radius 2 is 1.95 bits per heavy atom. The summed E-state index contributed by atoms with van der Waals surface area (Å²) in [5.41, 5.74) is 0.779. The number of H-pyrrole nitrogens is 1. The van der Waals surface area contributed by atoms with Crippen molar-refractivity contribution in [2.75, 3.05) is 0 Å². The first-order valence-corrected chi connectivity index (χ1v) is 6.92. The Morgan fingerprint density at radius 3 is 2.68 bits per heavy atom. The van der Waals surface area contributed by atoms with Crippen molar-refractivity contribution in [1.29, 1.82) is 0 Å². The van der Waals surface area contributed by atoms with Gasteiger partial charge in [-0.05, 0) is 36.4 Å². The summed E-state index contributed by atoms with van der Waals surface area (Å²) in [7, 11) is 0. The van der Waals surface area contributed by atoms with E-state index in [1.165, 1.54) is 6.07 Å². The molecule has 0 atom stereocenters. The van der Waals surface area contributed by atoms with E-state index in [1.54, 1.807) is 48.9 Å². The van der Waals surface area contributed by atoms with E-state index in [0.29, 0.717) is 16.5 Å². The molecule has 0 spiro atoms. The highest BCUT2D eigenvalue weighted by molar-refractivity contribution is 6.30. The molecule has 3 rings (SSSR count). The van der Waals surface area contributed by atoms with E-state index < -0.39 is 5.82 Å². The van der Waals surface area contributed by atoms with E-state index in [-0.39, 0.29) is 12.4 Å². The second kappa shape index (κ2) is 6.49. The van der Waals surface area contributed by atoms with Crippen LogP contribution < -0.4 is 9.47 Å². The van der Waals surface area contributed by atoms with Crippen LogP contribution in [-0.4, -0.2) is 9.97 Å². The van der Waals surface area contributed by atoms with Crippen molar-refractivity contribution in [2.24, 2.45) is 0 Å². The molecule has 3 aromatic rings. The third-order valence-corrected chi connectivity index (χ3v) is 3.15. The monoisotopic (exact) mass is 318 g/mol. The van der Waals surface area contributed by atoms with Gasteiger partial charge in [-0.1, -0.05) is 17.7 Å². The standard InChI is InChI=1S/C16H12ClFN2O2/c17-11-4-6-13(7-5-11)22-16-14(18)2-1-3-15(16)21-9-12-8-19-10-20-12/h1-8,10H,9H2,(H,19,20). The van der Waals surface area contributed by atoms with E-state index in [0.717, 1.165) is 5.69 Å². The lowest BCUT2D eigenvalue weighted by Gasteiger charge is -2.12. The summed E-state index contributed by atoms with van der Waals surface area (Å²) in [5, 5.41) is 0.580. The van der Waals surface area contributed by atoms with E-state index in [1.807, 2.05) is 0 Å². The van der Waals surface area contributed by atoms with Crippen molar-refractivity contribution in [3.63, 3.8) is 0 Å². The van der Waals surface area contributed by atoms with Gasteiger partial charge < -0.3 is 14.5 Å². The Hall–Kier alpha value is -2.53. The van der Waals surface area contributed by atoms with E-state index in [4.69, 9.17) is 21.1 Å². The molecule has 1 N–H and O–H groups in total. The quantitative estimate of drug-likeness (QED) is 0.749. The van der Waals surface area contributed by atoms with Gasteiger partial charge in [-0.3, -0.25) is 0 Å². The molecule has 112 valence electrons. The largest absolute Gasteiger partial charge is 0.483 e. The first kappa shape index (κ1) is 14.4. The fraction of sp³-hybridized carbons (Fsp3) is 0.0625. The average molecular weight is 319 g/mol. The van der Waals surface area contributed by atoms with E-state index >= 15 is 0 Å². The lowest BCUT2D eigenvalue weighted by molar-refractivity contribution is 0.283. The summed E-state index contributed by atoms with van der Waals surface area (Å²) in [6.45, 7) is 0.237. The maximum Gasteiger partial charge on any atom is 0.204 e. The summed E-state index contributed by atoms with van der Waals surface area (Å²) < 4.78 is 25.2. The van der Waals surface area contributed by atoms with Crippen LogP contribution in [0.5, 0.6) is 17.2 Å². The molecule has 1 aromatic heterocycles. The Morgan fingerprint density at radius 1 is 1.14 bits per heavy atom. The van der Waals surface area contributed by atoms with E-state index in [9.17, 15) is 4.39 Å². The molecule has 0 amide bonds. The first-order valence-electron chi connectivity index (χ1n) is 6.54. The van der Waals surface area contributed by atoms with Crippen LogP contribution in [-0.2, 0) is 6.61 Å². The zero-order chi connectivity index (χ0) is 15.4. The van der Waals surface area contributed by atoms with Crippen LogP contribution in [0.15, 0.2) is 55.0 Å². The zero-order valence-corrected chi connectivity index (χ0v) is 12.2. The lowest BCUT2D eigenvalue weighted by atomic mass is 10.3. The number of nitrogens with one attached hydrogen (secondary N) is 1. The second-order valence-electron chi connectivity index (χ2n) is 4.49. The number of aromatic amines is 1. The zero-order valence-electron chi connectivity index (χ0n) is 11.4. The Labute approximate surface area is 131 Å². The van der Waals surface area contributed by atoms with Gasteiger partial charge in [0.1, 0.15) is 12.4 Å². The van der Waals surface area contributed by atoms with E-state index in [2.05, 4.69) is 9.97 Å². The molecule has 0 saturated carbocycles. The lowest BCUT2D eigenvalue weighted by Crippen LogP contribution is -1.99.